The van der Waals surface area contributed by atoms with Crippen molar-refractivity contribution in [1.82, 2.24) is 10.3 Å². The minimum absolute atomic E-state index is 0. The zero-order valence-electron chi connectivity index (χ0n) is 17.7. The SMILES string of the molecule is Cl.c1ccc(-c2ccc(OCCCc3cccc4[nH]c5c(c34)CCNCC5)cc2)cc1. The van der Waals surface area contributed by atoms with E-state index in [9.17, 15) is 0 Å². The fraction of sp³-hybridized carbons (Fsp3) is 0.259. The first-order chi connectivity index (χ1) is 14.9. The van der Waals surface area contributed by atoms with Gasteiger partial charge < -0.3 is 15.0 Å². The Morgan fingerprint density at radius 1 is 0.774 bits per heavy atom. The molecule has 1 aliphatic heterocycles. The Hall–Kier alpha value is -2.75. The molecule has 0 aliphatic carbocycles. The molecule has 3 aromatic carbocycles. The van der Waals surface area contributed by atoms with Crippen LogP contribution >= 0.6 is 12.4 Å². The Kier molecular flexibility index (Phi) is 6.96. The van der Waals surface area contributed by atoms with Gasteiger partial charge in [-0.25, -0.2) is 0 Å². The summed E-state index contributed by atoms with van der Waals surface area (Å²) < 4.78 is 6.03. The van der Waals surface area contributed by atoms with Gasteiger partial charge in [-0.15, -0.1) is 12.4 Å². The molecule has 160 valence electrons. The number of aryl methyl sites for hydroxylation is 1. The molecule has 1 aromatic heterocycles. The Bertz CT molecular complexity index is 1120. The Morgan fingerprint density at radius 2 is 1.55 bits per heavy atom. The van der Waals surface area contributed by atoms with Crippen LogP contribution in [0.25, 0.3) is 22.0 Å². The Morgan fingerprint density at radius 3 is 2.39 bits per heavy atom. The van der Waals surface area contributed by atoms with E-state index in [2.05, 4.69) is 77.0 Å². The molecule has 2 N–H and O–H groups in total. The molecule has 0 amide bonds. The van der Waals surface area contributed by atoms with Crippen molar-refractivity contribution in [3.8, 4) is 16.9 Å². The van der Waals surface area contributed by atoms with Crippen LogP contribution in [0.2, 0.25) is 0 Å². The molecule has 0 fully saturated rings. The molecule has 4 heteroatoms. The highest BCUT2D eigenvalue weighted by atomic mass is 35.5. The summed E-state index contributed by atoms with van der Waals surface area (Å²) in [6.07, 6.45) is 4.25. The molecule has 3 nitrogen and oxygen atoms in total. The number of hydrogen-bond acceptors (Lipinski definition) is 2. The third-order valence-electron chi connectivity index (χ3n) is 6.03. The maximum atomic E-state index is 6.03. The standard InChI is InChI=1S/C27H28N2O.ClH/c1-2-6-20(7-3-1)21-11-13-23(14-12-21)30-19-5-9-22-8-4-10-26-27(22)24-15-17-28-18-16-25(24)29-26;/h1-4,6-8,10-14,28-29H,5,9,15-19H2;1H. The second-order valence-corrected chi connectivity index (χ2v) is 8.01. The van der Waals surface area contributed by atoms with E-state index in [4.69, 9.17) is 4.74 Å². The lowest BCUT2D eigenvalue weighted by Crippen LogP contribution is -2.16. The van der Waals surface area contributed by atoms with Crippen molar-refractivity contribution < 1.29 is 4.74 Å². The van der Waals surface area contributed by atoms with Crippen LogP contribution in [0.15, 0.2) is 72.8 Å². The van der Waals surface area contributed by atoms with E-state index in [-0.39, 0.29) is 12.4 Å². The van der Waals surface area contributed by atoms with Gasteiger partial charge in [0.25, 0.3) is 0 Å². The highest BCUT2D eigenvalue weighted by Gasteiger charge is 2.16. The Balaban J connectivity index is 0.00000231. The summed E-state index contributed by atoms with van der Waals surface area (Å²) in [6.45, 7) is 2.86. The van der Waals surface area contributed by atoms with E-state index in [1.165, 1.54) is 38.9 Å². The average Bonchev–Trinajstić information content (AvgIpc) is 3.00. The number of nitrogens with one attached hydrogen (secondary N) is 2. The van der Waals surface area contributed by atoms with Crippen LogP contribution in [0.5, 0.6) is 5.75 Å². The second-order valence-electron chi connectivity index (χ2n) is 8.01. The van der Waals surface area contributed by atoms with Gasteiger partial charge in [0.2, 0.25) is 0 Å². The third-order valence-corrected chi connectivity index (χ3v) is 6.03. The average molecular weight is 433 g/mol. The quantitative estimate of drug-likeness (QED) is 0.369. The smallest absolute Gasteiger partial charge is 0.119 e. The van der Waals surface area contributed by atoms with E-state index in [1.54, 1.807) is 0 Å². The summed E-state index contributed by atoms with van der Waals surface area (Å²) in [5.74, 6) is 0.939. The predicted octanol–water partition coefficient (Wildman–Crippen LogP) is 5.96. The maximum Gasteiger partial charge on any atom is 0.119 e. The monoisotopic (exact) mass is 432 g/mol. The van der Waals surface area contributed by atoms with Crippen LogP contribution in [-0.4, -0.2) is 24.7 Å². The number of aromatic amines is 1. The number of rotatable bonds is 6. The molecule has 0 spiro atoms. The summed E-state index contributed by atoms with van der Waals surface area (Å²) in [7, 11) is 0. The van der Waals surface area contributed by atoms with Gasteiger partial charge >= 0.3 is 0 Å². The molecular weight excluding hydrogens is 404 g/mol. The van der Waals surface area contributed by atoms with Crippen LogP contribution in [0.1, 0.15) is 23.2 Å². The molecule has 1 aliphatic rings. The van der Waals surface area contributed by atoms with Crippen molar-refractivity contribution >= 4 is 23.3 Å². The fourth-order valence-corrected chi connectivity index (χ4v) is 4.53. The summed E-state index contributed by atoms with van der Waals surface area (Å²) in [6, 6.07) is 25.5. The van der Waals surface area contributed by atoms with E-state index in [1.807, 2.05) is 6.07 Å². The van der Waals surface area contributed by atoms with Crippen LogP contribution in [-0.2, 0) is 19.3 Å². The van der Waals surface area contributed by atoms with Gasteiger partial charge in [0.1, 0.15) is 5.75 Å². The van der Waals surface area contributed by atoms with E-state index in [0.29, 0.717) is 0 Å². The van der Waals surface area contributed by atoms with E-state index >= 15 is 0 Å². The first-order valence-electron chi connectivity index (χ1n) is 11.0. The van der Waals surface area contributed by atoms with Crippen molar-refractivity contribution in [2.75, 3.05) is 19.7 Å². The van der Waals surface area contributed by atoms with Gasteiger partial charge in [0.05, 0.1) is 6.61 Å². The highest BCUT2D eigenvalue weighted by molar-refractivity contribution is 5.88. The van der Waals surface area contributed by atoms with Crippen molar-refractivity contribution in [3.05, 3.63) is 89.6 Å². The lowest BCUT2D eigenvalue weighted by molar-refractivity contribution is 0.311. The largest absolute Gasteiger partial charge is 0.494 e. The van der Waals surface area contributed by atoms with Gasteiger partial charge in [-0.2, -0.15) is 0 Å². The molecule has 0 unspecified atom stereocenters. The summed E-state index contributed by atoms with van der Waals surface area (Å²) in [5, 5.41) is 4.96. The number of fused-ring (bicyclic) bond motifs is 3. The summed E-state index contributed by atoms with van der Waals surface area (Å²) in [5.41, 5.74) is 8.11. The lowest BCUT2D eigenvalue weighted by Gasteiger charge is -2.09. The summed E-state index contributed by atoms with van der Waals surface area (Å²) >= 11 is 0. The number of H-pyrrole nitrogens is 1. The summed E-state index contributed by atoms with van der Waals surface area (Å²) in [4.78, 5) is 3.66. The number of benzene rings is 3. The minimum atomic E-state index is 0. The zero-order valence-corrected chi connectivity index (χ0v) is 18.5. The van der Waals surface area contributed by atoms with Gasteiger partial charge in [-0.05, 0) is 66.3 Å². The molecule has 31 heavy (non-hydrogen) atoms. The predicted molar refractivity (Wildman–Crippen MR) is 132 cm³/mol. The Labute approximate surface area is 190 Å². The van der Waals surface area contributed by atoms with Crippen LogP contribution in [0, 0.1) is 0 Å². The van der Waals surface area contributed by atoms with Gasteiger partial charge in [0, 0.05) is 29.6 Å². The van der Waals surface area contributed by atoms with E-state index in [0.717, 1.165) is 51.1 Å². The first kappa shape index (κ1) is 21.5. The number of halogens is 1. The van der Waals surface area contributed by atoms with Crippen molar-refractivity contribution in [3.63, 3.8) is 0 Å². The molecule has 5 rings (SSSR count). The van der Waals surface area contributed by atoms with Gasteiger partial charge in [0.15, 0.2) is 0 Å². The molecule has 0 bridgehead atoms. The van der Waals surface area contributed by atoms with Crippen LogP contribution in [0.3, 0.4) is 0 Å². The fourth-order valence-electron chi connectivity index (χ4n) is 4.53. The molecule has 4 aromatic rings. The number of hydrogen-bond donors (Lipinski definition) is 2. The maximum absolute atomic E-state index is 6.03. The van der Waals surface area contributed by atoms with Gasteiger partial charge in [-0.3, -0.25) is 0 Å². The topological polar surface area (TPSA) is 37.0 Å². The minimum Gasteiger partial charge on any atom is -0.494 e. The van der Waals surface area contributed by atoms with E-state index < -0.39 is 0 Å². The molecule has 0 saturated heterocycles. The molecule has 2 heterocycles. The third kappa shape index (κ3) is 4.79. The van der Waals surface area contributed by atoms with Crippen LogP contribution < -0.4 is 10.1 Å². The van der Waals surface area contributed by atoms with Crippen LogP contribution in [0.4, 0.5) is 0 Å². The van der Waals surface area contributed by atoms with Crippen molar-refractivity contribution in [2.24, 2.45) is 0 Å². The lowest BCUT2D eigenvalue weighted by atomic mass is 9.99. The second kappa shape index (κ2) is 10.0. The number of aromatic nitrogens is 1. The molecule has 0 radical (unpaired) electrons. The highest BCUT2D eigenvalue weighted by Crippen LogP contribution is 2.29. The molecule has 0 saturated carbocycles. The zero-order chi connectivity index (χ0) is 20.2. The van der Waals surface area contributed by atoms with Crippen molar-refractivity contribution in [1.29, 1.82) is 0 Å². The normalized spacial score (nSPS) is 13.3. The number of ether oxygens (including phenoxy) is 1. The molecule has 0 atom stereocenters. The first-order valence-corrected chi connectivity index (χ1v) is 11.0. The van der Waals surface area contributed by atoms with Crippen molar-refractivity contribution in [2.45, 2.75) is 25.7 Å². The van der Waals surface area contributed by atoms with Gasteiger partial charge in [-0.1, -0.05) is 54.6 Å². The molecular formula is C27H29ClN2O.